The number of aromatic amines is 1. The number of rotatable bonds is 8. The first-order chi connectivity index (χ1) is 14.7. The van der Waals surface area contributed by atoms with E-state index in [1.807, 2.05) is 30.5 Å². The Hall–Kier alpha value is -3.55. The molecule has 31 heavy (non-hydrogen) atoms. The third-order valence-electron chi connectivity index (χ3n) is 5.22. The minimum Gasteiger partial charge on any atom is -0.467 e. The van der Waals surface area contributed by atoms with Crippen molar-refractivity contribution >= 4 is 17.7 Å². The number of hydrogen-bond acceptors (Lipinski definition) is 6. The van der Waals surface area contributed by atoms with Gasteiger partial charge in [-0.25, -0.2) is 9.59 Å². The molecule has 0 radical (unpaired) electrons. The van der Waals surface area contributed by atoms with Gasteiger partial charge in [-0.1, -0.05) is 0 Å². The second-order valence-corrected chi connectivity index (χ2v) is 7.30. The van der Waals surface area contributed by atoms with Crippen molar-refractivity contribution in [3.8, 4) is 0 Å². The van der Waals surface area contributed by atoms with Gasteiger partial charge in [0.05, 0.1) is 25.0 Å². The second-order valence-electron chi connectivity index (χ2n) is 7.30. The maximum Gasteiger partial charge on any atom is 0.355 e. The second kappa shape index (κ2) is 9.07. The molecule has 0 aliphatic rings. The zero-order chi connectivity index (χ0) is 22.7. The van der Waals surface area contributed by atoms with Crippen LogP contribution in [0.15, 0.2) is 28.9 Å². The van der Waals surface area contributed by atoms with E-state index in [9.17, 15) is 14.4 Å². The van der Waals surface area contributed by atoms with Crippen LogP contribution in [0.3, 0.4) is 0 Å². The number of aryl methyl sites for hydroxylation is 2. The number of aromatic nitrogens is 2. The fourth-order valence-corrected chi connectivity index (χ4v) is 3.63. The molecule has 0 atom stereocenters. The zero-order valence-electron chi connectivity index (χ0n) is 18.3. The molecule has 164 valence electrons. The lowest BCUT2D eigenvalue weighted by Crippen LogP contribution is -2.16. The number of nitrogens with one attached hydrogen (secondary N) is 1. The molecule has 8 nitrogen and oxygen atoms in total. The molecule has 0 fully saturated rings. The fourth-order valence-electron chi connectivity index (χ4n) is 3.63. The van der Waals surface area contributed by atoms with Gasteiger partial charge >= 0.3 is 11.9 Å². The van der Waals surface area contributed by atoms with E-state index in [4.69, 9.17) is 13.9 Å². The van der Waals surface area contributed by atoms with E-state index in [1.54, 1.807) is 33.1 Å². The maximum absolute atomic E-state index is 12.7. The van der Waals surface area contributed by atoms with E-state index in [2.05, 4.69) is 4.98 Å². The van der Waals surface area contributed by atoms with Crippen molar-refractivity contribution in [2.24, 2.45) is 0 Å². The van der Waals surface area contributed by atoms with Gasteiger partial charge in [-0.15, -0.1) is 0 Å². The largest absolute Gasteiger partial charge is 0.467 e. The summed E-state index contributed by atoms with van der Waals surface area (Å²) < 4.78 is 17.6. The smallest absolute Gasteiger partial charge is 0.355 e. The highest BCUT2D eigenvalue weighted by Gasteiger charge is 2.25. The monoisotopic (exact) mass is 426 g/mol. The van der Waals surface area contributed by atoms with Gasteiger partial charge in [0.15, 0.2) is 6.61 Å². The Balaban J connectivity index is 1.71. The molecule has 0 spiro atoms. The average Bonchev–Trinajstić information content (AvgIpc) is 3.41. The number of H-pyrrole nitrogens is 1. The highest BCUT2D eigenvalue weighted by Crippen LogP contribution is 2.21. The fraction of sp³-hybridized carbons (Fsp3) is 0.348. The van der Waals surface area contributed by atoms with Crippen LogP contribution < -0.4 is 0 Å². The molecule has 1 N–H and O–H groups in total. The third-order valence-corrected chi connectivity index (χ3v) is 5.22. The molecule has 0 amide bonds. The summed E-state index contributed by atoms with van der Waals surface area (Å²) in [7, 11) is 0. The quantitative estimate of drug-likeness (QED) is 0.433. The van der Waals surface area contributed by atoms with Crippen LogP contribution in [0.1, 0.15) is 66.5 Å². The normalized spacial score (nSPS) is 10.9. The minimum atomic E-state index is -0.700. The standard InChI is InChI=1S/C23H26N2O6/c1-6-29-22(27)20-14(3)21(24-15(20)4)23(28)31-12-19(26)18-10-13(2)25(16(18)5)11-17-8-7-9-30-17/h7-10,24H,6,11-12H2,1-5H3. The topological polar surface area (TPSA) is 104 Å². The van der Waals surface area contributed by atoms with Gasteiger partial charge in [0.2, 0.25) is 5.78 Å². The van der Waals surface area contributed by atoms with E-state index in [-0.39, 0.29) is 18.1 Å². The van der Waals surface area contributed by atoms with Gasteiger partial charge in [-0.3, -0.25) is 4.79 Å². The lowest BCUT2D eigenvalue weighted by Gasteiger charge is -2.08. The van der Waals surface area contributed by atoms with Crippen molar-refractivity contribution in [2.45, 2.75) is 41.2 Å². The summed E-state index contributed by atoms with van der Waals surface area (Å²) in [6.07, 6.45) is 1.60. The molecule has 0 unspecified atom stereocenters. The number of Topliss-reactive ketones (excluding diaryl/α,β-unsaturated/α-hetero) is 1. The molecule has 3 aromatic rings. The predicted molar refractivity (Wildman–Crippen MR) is 113 cm³/mol. The number of nitrogens with zero attached hydrogens (tertiary/aromatic N) is 1. The van der Waals surface area contributed by atoms with Crippen LogP contribution >= 0.6 is 0 Å². The zero-order valence-corrected chi connectivity index (χ0v) is 18.3. The highest BCUT2D eigenvalue weighted by atomic mass is 16.5. The Morgan fingerprint density at radius 2 is 1.84 bits per heavy atom. The summed E-state index contributed by atoms with van der Waals surface area (Å²) in [5, 5.41) is 0. The SMILES string of the molecule is CCOC(=O)c1c(C)[nH]c(C(=O)OCC(=O)c2cc(C)n(Cc3ccco3)c2C)c1C. The molecule has 3 rings (SSSR count). The highest BCUT2D eigenvalue weighted by molar-refractivity contribution is 6.02. The molecule has 0 aliphatic heterocycles. The third kappa shape index (κ3) is 4.47. The minimum absolute atomic E-state index is 0.136. The molecule has 0 aliphatic carbocycles. The summed E-state index contributed by atoms with van der Waals surface area (Å²) in [5.41, 5.74) is 3.55. The van der Waals surface area contributed by atoms with Crippen molar-refractivity contribution in [1.29, 1.82) is 0 Å². The number of carbonyl (C=O) groups is 3. The Labute approximate surface area is 180 Å². The average molecular weight is 426 g/mol. The Morgan fingerprint density at radius 1 is 1.10 bits per heavy atom. The van der Waals surface area contributed by atoms with Gasteiger partial charge in [-0.05, 0) is 58.4 Å². The summed E-state index contributed by atoms with van der Waals surface area (Å²) in [4.78, 5) is 40.2. The van der Waals surface area contributed by atoms with E-state index in [1.165, 1.54) is 0 Å². The van der Waals surface area contributed by atoms with Gasteiger partial charge in [-0.2, -0.15) is 0 Å². The van der Waals surface area contributed by atoms with Crippen LogP contribution in [0.25, 0.3) is 0 Å². The van der Waals surface area contributed by atoms with Crippen molar-refractivity contribution in [3.05, 3.63) is 69.7 Å². The molecule has 0 saturated carbocycles. The van der Waals surface area contributed by atoms with E-state index < -0.39 is 18.5 Å². The van der Waals surface area contributed by atoms with E-state index >= 15 is 0 Å². The first-order valence-corrected chi connectivity index (χ1v) is 10.00. The van der Waals surface area contributed by atoms with Crippen molar-refractivity contribution in [3.63, 3.8) is 0 Å². The number of ketones is 1. The number of furan rings is 1. The number of carbonyl (C=O) groups excluding carboxylic acids is 3. The first kappa shape index (κ1) is 22.1. The lowest BCUT2D eigenvalue weighted by molar-refractivity contribution is 0.0468. The summed E-state index contributed by atoms with van der Waals surface area (Å²) in [6.45, 7) is 9.10. The summed E-state index contributed by atoms with van der Waals surface area (Å²) in [5.74, 6) is -0.734. The Bertz CT molecular complexity index is 1120. The Kier molecular flexibility index (Phi) is 6.48. The van der Waals surface area contributed by atoms with E-state index in [0.717, 1.165) is 17.1 Å². The molecule has 8 heteroatoms. The van der Waals surface area contributed by atoms with Gasteiger partial charge < -0.3 is 23.4 Å². The number of ether oxygens (including phenoxy) is 2. The predicted octanol–water partition coefficient (Wildman–Crippen LogP) is 3.91. The first-order valence-electron chi connectivity index (χ1n) is 10.00. The van der Waals surface area contributed by atoms with Crippen LogP contribution in [-0.4, -0.2) is 40.5 Å². The lowest BCUT2D eigenvalue weighted by atomic mass is 10.1. The molecular weight excluding hydrogens is 400 g/mol. The summed E-state index contributed by atoms with van der Waals surface area (Å²) >= 11 is 0. The Morgan fingerprint density at radius 3 is 2.48 bits per heavy atom. The molecule has 3 heterocycles. The van der Waals surface area contributed by atoms with Crippen LogP contribution in [0.2, 0.25) is 0 Å². The van der Waals surface area contributed by atoms with Crippen molar-refractivity contribution < 1.29 is 28.3 Å². The molecule has 0 saturated heterocycles. The van der Waals surface area contributed by atoms with Crippen molar-refractivity contribution in [2.75, 3.05) is 13.2 Å². The molecule has 0 aromatic carbocycles. The van der Waals surface area contributed by atoms with E-state index in [0.29, 0.717) is 28.9 Å². The van der Waals surface area contributed by atoms with Gasteiger partial charge in [0.1, 0.15) is 11.5 Å². The van der Waals surface area contributed by atoms with Crippen LogP contribution in [-0.2, 0) is 16.0 Å². The summed E-state index contributed by atoms with van der Waals surface area (Å²) in [6, 6.07) is 5.46. The van der Waals surface area contributed by atoms with Crippen LogP contribution in [0.4, 0.5) is 0 Å². The van der Waals surface area contributed by atoms with Crippen molar-refractivity contribution in [1.82, 2.24) is 9.55 Å². The van der Waals surface area contributed by atoms with Gasteiger partial charge in [0.25, 0.3) is 0 Å². The molecule has 3 aromatic heterocycles. The molecular formula is C23H26N2O6. The number of esters is 2. The molecule has 0 bridgehead atoms. The van der Waals surface area contributed by atoms with Crippen LogP contribution in [0.5, 0.6) is 0 Å². The van der Waals surface area contributed by atoms with Gasteiger partial charge in [0, 0.05) is 22.6 Å². The number of hydrogen-bond donors (Lipinski definition) is 1. The van der Waals surface area contributed by atoms with Crippen LogP contribution in [0, 0.1) is 27.7 Å². The maximum atomic E-state index is 12.7.